The summed E-state index contributed by atoms with van der Waals surface area (Å²) in [5, 5.41) is 1.09. The molecule has 0 bridgehead atoms. The maximum absolute atomic E-state index is 13.0. The van der Waals surface area contributed by atoms with Crippen LogP contribution >= 0.6 is 11.3 Å². The van der Waals surface area contributed by atoms with Crippen LogP contribution < -0.4 is 5.73 Å². The van der Waals surface area contributed by atoms with Crippen LogP contribution in [0.4, 0.5) is 4.39 Å². The fourth-order valence-electron chi connectivity index (χ4n) is 1.66. The van der Waals surface area contributed by atoms with Crippen molar-refractivity contribution in [2.75, 3.05) is 0 Å². The summed E-state index contributed by atoms with van der Waals surface area (Å²) in [5.74, 6) is -0.181. The van der Waals surface area contributed by atoms with Crippen molar-refractivity contribution in [2.24, 2.45) is 5.73 Å². The number of benzene rings is 1. The van der Waals surface area contributed by atoms with Crippen molar-refractivity contribution in [1.29, 1.82) is 0 Å². The molecule has 0 radical (unpaired) electrons. The van der Waals surface area contributed by atoms with Crippen molar-refractivity contribution < 1.29 is 4.39 Å². The normalized spacial score (nSPS) is 13.3. The van der Waals surface area contributed by atoms with Gasteiger partial charge in [0.2, 0.25) is 0 Å². The molecule has 0 amide bonds. The van der Waals surface area contributed by atoms with E-state index in [4.69, 9.17) is 5.73 Å². The zero-order chi connectivity index (χ0) is 10.8. The van der Waals surface area contributed by atoms with Gasteiger partial charge in [-0.25, -0.2) is 4.39 Å². The van der Waals surface area contributed by atoms with E-state index in [1.807, 2.05) is 6.07 Å². The Morgan fingerprint density at radius 1 is 1.40 bits per heavy atom. The molecule has 0 saturated carbocycles. The Bertz CT molecular complexity index is 464. The molecule has 0 aliphatic carbocycles. The number of nitrogens with two attached hydrogens (primary N) is 1. The lowest BCUT2D eigenvalue weighted by Gasteiger charge is -2.05. The number of halogens is 1. The lowest BCUT2D eigenvalue weighted by Crippen LogP contribution is -2.07. The fraction of sp³-hybridized carbons (Fsp3) is 0.333. The van der Waals surface area contributed by atoms with Gasteiger partial charge >= 0.3 is 0 Å². The van der Waals surface area contributed by atoms with E-state index in [-0.39, 0.29) is 11.9 Å². The van der Waals surface area contributed by atoms with Gasteiger partial charge in [-0.2, -0.15) is 0 Å². The van der Waals surface area contributed by atoms with Crippen LogP contribution in [-0.4, -0.2) is 0 Å². The summed E-state index contributed by atoms with van der Waals surface area (Å²) in [6.45, 7) is 2.12. The number of hydrogen-bond donors (Lipinski definition) is 1. The maximum Gasteiger partial charge on any atom is 0.124 e. The van der Waals surface area contributed by atoms with Crippen molar-refractivity contribution in [3.05, 3.63) is 35.0 Å². The highest BCUT2D eigenvalue weighted by Crippen LogP contribution is 2.31. The standard InChI is InChI=1S/C12H14FNS/c1-2-3-10(14)12-6-8-4-5-9(13)7-11(8)15-12/h4-7,10H,2-3,14H2,1H3. The zero-order valence-corrected chi connectivity index (χ0v) is 9.48. The van der Waals surface area contributed by atoms with Gasteiger partial charge in [-0.15, -0.1) is 11.3 Å². The second-order valence-corrected chi connectivity index (χ2v) is 4.84. The molecule has 3 heteroatoms. The molecule has 0 saturated heterocycles. The van der Waals surface area contributed by atoms with E-state index in [1.165, 1.54) is 6.07 Å². The molecule has 0 fully saturated rings. The summed E-state index contributed by atoms with van der Waals surface area (Å²) >= 11 is 1.59. The fourth-order valence-corrected chi connectivity index (χ4v) is 2.79. The Morgan fingerprint density at radius 3 is 2.93 bits per heavy atom. The molecule has 1 nitrogen and oxygen atoms in total. The van der Waals surface area contributed by atoms with Crippen LogP contribution in [0.2, 0.25) is 0 Å². The van der Waals surface area contributed by atoms with Gasteiger partial charge in [0.25, 0.3) is 0 Å². The highest BCUT2D eigenvalue weighted by atomic mass is 32.1. The summed E-state index contributed by atoms with van der Waals surface area (Å²) in [5.41, 5.74) is 6.02. The highest BCUT2D eigenvalue weighted by molar-refractivity contribution is 7.19. The van der Waals surface area contributed by atoms with Crippen LogP contribution in [0.15, 0.2) is 24.3 Å². The van der Waals surface area contributed by atoms with E-state index in [1.54, 1.807) is 17.4 Å². The van der Waals surface area contributed by atoms with Crippen LogP contribution in [0.3, 0.4) is 0 Å². The molecule has 0 aliphatic rings. The summed E-state index contributed by atoms with van der Waals surface area (Å²) in [6, 6.07) is 7.03. The third kappa shape index (κ3) is 2.19. The first-order valence-corrected chi connectivity index (χ1v) is 5.97. The van der Waals surface area contributed by atoms with E-state index in [2.05, 4.69) is 13.0 Å². The zero-order valence-electron chi connectivity index (χ0n) is 8.66. The second-order valence-electron chi connectivity index (χ2n) is 3.73. The third-order valence-corrected chi connectivity index (χ3v) is 3.70. The van der Waals surface area contributed by atoms with Crippen molar-refractivity contribution in [1.82, 2.24) is 0 Å². The summed E-state index contributed by atoms with van der Waals surface area (Å²) in [6.07, 6.45) is 2.05. The molecule has 1 aromatic carbocycles. The Balaban J connectivity index is 2.38. The minimum absolute atomic E-state index is 0.0930. The van der Waals surface area contributed by atoms with Crippen LogP contribution in [0.25, 0.3) is 10.1 Å². The van der Waals surface area contributed by atoms with Gasteiger partial charge in [-0.3, -0.25) is 0 Å². The van der Waals surface area contributed by atoms with Gasteiger partial charge in [-0.1, -0.05) is 19.4 Å². The number of fused-ring (bicyclic) bond motifs is 1. The average Bonchev–Trinajstić information content (AvgIpc) is 2.60. The van der Waals surface area contributed by atoms with Crippen LogP contribution in [0.5, 0.6) is 0 Å². The van der Waals surface area contributed by atoms with E-state index in [0.717, 1.165) is 27.8 Å². The molecule has 15 heavy (non-hydrogen) atoms. The predicted octanol–water partition coefficient (Wildman–Crippen LogP) is 3.84. The van der Waals surface area contributed by atoms with Crippen LogP contribution in [0, 0.1) is 5.82 Å². The van der Waals surface area contributed by atoms with E-state index in [0.29, 0.717) is 0 Å². The molecule has 0 spiro atoms. The predicted molar refractivity (Wildman–Crippen MR) is 63.6 cm³/mol. The van der Waals surface area contributed by atoms with Gasteiger partial charge < -0.3 is 5.73 Å². The molecule has 80 valence electrons. The van der Waals surface area contributed by atoms with Gasteiger partial charge in [0.05, 0.1) is 0 Å². The van der Waals surface area contributed by atoms with Crippen molar-refractivity contribution in [3.8, 4) is 0 Å². The van der Waals surface area contributed by atoms with Crippen molar-refractivity contribution in [3.63, 3.8) is 0 Å². The summed E-state index contributed by atoms with van der Waals surface area (Å²) in [4.78, 5) is 1.15. The minimum atomic E-state index is -0.181. The van der Waals surface area contributed by atoms with Crippen molar-refractivity contribution in [2.45, 2.75) is 25.8 Å². The Morgan fingerprint density at radius 2 is 2.20 bits per heavy atom. The maximum atomic E-state index is 13.0. The molecular formula is C12H14FNS. The molecule has 2 N–H and O–H groups in total. The Hall–Kier alpha value is -0.930. The number of rotatable bonds is 3. The van der Waals surface area contributed by atoms with Crippen LogP contribution in [0.1, 0.15) is 30.7 Å². The number of thiophene rings is 1. The molecule has 1 unspecified atom stereocenters. The monoisotopic (exact) mass is 223 g/mol. The number of hydrogen-bond acceptors (Lipinski definition) is 2. The Labute approximate surface area is 92.7 Å². The summed E-state index contributed by atoms with van der Waals surface area (Å²) < 4.78 is 14.0. The molecule has 1 aromatic heterocycles. The third-order valence-electron chi connectivity index (χ3n) is 2.47. The molecular weight excluding hydrogens is 209 g/mol. The second kappa shape index (κ2) is 4.29. The first kappa shape index (κ1) is 10.6. The van der Waals surface area contributed by atoms with Crippen molar-refractivity contribution >= 4 is 21.4 Å². The quantitative estimate of drug-likeness (QED) is 0.840. The first-order chi connectivity index (χ1) is 7.20. The lowest BCUT2D eigenvalue weighted by atomic mass is 10.1. The Kier molecular flexibility index (Phi) is 3.03. The first-order valence-electron chi connectivity index (χ1n) is 5.15. The lowest BCUT2D eigenvalue weighted by molar-refractivity contribution is 0.630. The summed E-state index contributed by atoms with van der Waals surface area (Å²) in [7, 11) is 0. The molecule has 2 aromatic rings. The molecule has 1 heterocycles. The molecule has 1 atom stereocenters. The van der Waals surface area contributed by atoms with Gasteiger partial charge in [0.1, 0.15) is 5.82 Å². The van der Waals surface area contributed by atoms with E-state index >= 15 is 0 Å². The highest BCUT2D eigenvalue weighted by Gasteiger charge is 2.09. The topological polar surface area (TPSA) is 26.0 Å². The SMILES string of the molecule is CCCC(N)c1cc2ccc(F)cc2s1. The molecule has 2 rings (SSSR count). The van der Waals surface area contributed by atoms with Gasteiger partial charge in [-0.05, 0) is 30.0 Å². The molecule has 0 aliphatic heterocycles. The van der Waals surface area contributed by atoms with Crippen LogP contribution in [-0.2, 0) is 0 Å². The average molecular weight is 223 g/mol. The smallest absolute Gasteiger partial charge is 0.124 e. The largest absolute Gasteiger partial charge is 0.323 e. The minimum Gasteiger partial charge on any atom is -0.323 e. The van der Waals surface area contributed by atoms with E-state index < -0.39 is 0 Å². The van der Waals surface area contributed by atoms with Gasteiger partial charge in [0.15, 0.2) is 0 Å². The van der Waals surface area contributed by atoms with E-state index in [9.17, 15) is 4.39 Å². The van der Waals surface area contributed by atoms with Gasteiger partial charge in [0, 0.05) is 15.6 Å².